The van der Waals surface area contributed by atoms with Crippen molar-refractivity contribution < 1.29 is 12.6 Å². The molecule has 0 radical (unpaired) electrons. The standard InChI is InChI=1S/C11H18N2O3S2/c1-9(17(2)14)8-13-18(15,16)11-6-4-3-5-10(11)7-12/h3-6,9,13H,7-8,12H2,1-2H3. The number of rotatable bonds is 6. The molecule has 0 aromatic heterocycles. The van der Waals surface area contributed by atoms with Crippen molar-refractivity contribution in [1.29, 1.82) is 0 Å². The SMILES string of the molecule is CC(CNS(=O)(=O)c1ccccc1CN)S(C)=O. The third-order valence-corrected chi connectivity index (χ3v) is 5.43. The Kier molecular flexibility index (Phi) is 5.46. The average molecular weight is 290 g/mol. The largest absolute Gasteiger partial charge is 0.326 e. The van der Waals surface area contributed by atoms with Gasteiger partial charge in [0.1, 0.15) is 0 Å². The Morgan fingerprint density at radius 1 is 1.39 bits per heavy atom. The molecule has 2 atom stereocenters. The first-order valence-electron chi connectivity index (χ1n) is 5.48. The minimum Gasteiger partial charge on any atom is -0.326 e. The van der Waals surface area contributed by atoms with Crippen LogP contribution in [0.2, 0.25) is 0 Å². The quantitative estimate of drug-likeness (QED) is 0.782. The molecule has 0 aliphatic rings. The van der Waals surface area contributed by atoms with Gasteiger partial charge in [0.15, 0.2) is 0 Å². The zero-order valence-electron chi connectivity index (χ0n) is 10.4. The van der Waals surface area contributed by atoms with E-state index in [1.807, 2.05) is 0 Å². The Morgan fingerprint density at radius 3 is 2.56 bits per heavy atom. The fourth-order valence-corrected chi connectivity index (χ4v) is 3.16. The molecular formula is C11H18N2O3S2. The molecule has 0 saturated carbocycles. The van der Waals surface area contributed by atoms with Crippen molar-refractivity contribution in [3.8, 4) is 0 Å². The molecule has 1 rings (SSSR count). The lowest BCUT2D eigenvalue weighted by Gasteiger charge is -2.12. The lowest BCUT2D eigenvalue weighted by molar-refractivity contribution is 0.579. The van der Waals surface area contributed by atoms with Gasteiger partial charge in [-0.05, 0) is 18.6 Å². The zero-order valence-corrected chi connectivity index (χ0v) is 12.1. The highest BCUT2D eigenvalue weighted by molar-refractivity contribution is 7.89. The molecule has 0 amide bonds. The summed E-state index contributed by atoms with van der Waals surface area (Å²) in [6, 6.07) is 6.58. The molecule has 0 aliphatic carbocycles. The Labute approximate surface area is 110 Å². The average Bonchev–Trinajstić information content (AvgIpc) is 2.35. The van der Waals surface area contributed by atoms with Crippen molar-refractivity contribution >= 4 is 20.8 Å². The maximum absolute atomic E-state index is 12.1. The minimum absolute atomic E-state index is 0.143. The van der Waals surface area contributed by atoms with Crippen LogP contribution >= 0.6 is 0 Å². The minimum atomic E-state index is -3.60. The number of sulfonamides is 1. The van der Waals surface area contributed by atoms with Gasteiger partial charge >= 0.3 is 0 Å². The second kappa shape index (κ2) is 6.42. The zero-order chi connectivity index (χ0) is 13.8. The molecule has 5 nitrogen and oxygen atoms in total. The fraction of sp³-hybridized carbons (Fsp3) is 0.455. The predicted octanol–water partition coefficient (Wildman–Crippen LogP) is 0.191. The van der Waals surface area contributed by atoms with Crippen LogP contribution in [0.4, 0.5) is 0 Å². The smallest absolute Gasteiger partial charge is 0.240 e. The lowest BCUT2D eigenvalue weighted by atomic mass is 10.2. The van der Waals surface area contributed by atoms with E-state index < -0.39 is 20.8 Å². The molecule has 1 aromatic rings. The van der Waals surface area contributed by atoms with Crippen LogP contribution in [0.5, 0.6) is 0 Å². The predicted molar refractivity (Wildman–Crippen MR) is 73.1 cm³/mol. The van der Waals surface area contributed by atoms with Gasteiger partial charge in [0.25, 0.3) is 0 Å². The molecule has 102 valence electrons. The van der Waals surface area contributed by atoms with Gasteiger partial charge in [0, 0.05) is 35.4 Å². The highest BCUT2D eigenvalue weighted by Crippen LogP contribution is 2.14. The van der Waals surface area contributed by atoms with Gasteiger partial charge < -0.3 is 5.73 Å². The highest BCUT2D eigenvalue weighted by Gasteiger charge is 2.18. The van der Waals surface area contributed by atoms with Crippen LogP contribution in [-0.4, -0.2) is 30.7 Å². The normalized spacial score (nSPS) is 15.3. The summed E-state index contributed by atoms with van der Waals surface area (Å²) in [5, 5.41) is -0.232. The van der Waals surface area contributed by atoms with E-state index in [9.17, 15) is 12.6 Å². The second-order valence-electron chi connectivity index (χ2n) is 3.97. The van der Waals surface area contributed by atoms with Gasteiger partial charge in [0.2, 0.25) is 10.0 Å². The lowest BCUT2D eigenvalue weighted by Crippen LogP contribution is -2.33. The van der Waals surface area contributed by atoms with Crippen molar-refractivity contribution in [2.75, 3.05) is 12.8 Å². The molecule has 2 unspecified atom stereocenters. The summed E-state index contributed by atoms with van der Waals surface area (Å²) >= 11 is 0. The Balaban J connectivity index is 2.90. The first-order chi connectivity index (χ1) is 8.38. The number of nitrogens with two attached hydrogens (primary N) is 1. The number of nitrogens with one attached hydrogen (secondary N) is 1. The Hall–Kier alpha value is -0.760. The molecule has 1 aromatic carbocycles. The van der Waals surface area contributed by atoms with Crippen molar-refractivity contribution in [1.82, 2.24) is 4.72 Å². The van der Waals surface area contributed by atoms with E-state index >= 15 is 0 Å². The molecule has 0 heterocycles. The maximum atomic E-state index is 12.1. The van der Waals surface area contributed by atoms with Crippen molar-refractivity contribution in [3.63, 3.8) is 0 Å². The van der Waals surface area contributed by atoms with Gasteiger partial charge in [0.05, 0.1) is 4.90 Å². The molecule has 0 saturated heterocycles. The fourth-order valence-electron chi connectivity index (χ4n) is 1.36. The van der Waals surface area contributed by atoms with Crippen LogP contribution in [-0.2, 0) is 27.4 Å². The van der Waals surface area contributed by atoms with E-state index in [2.05, 4.69) is 4.72 Å². The summed E-state index contributed by atoms with van der Waals surface area (Å²) in [7, 11) is -4.66. The molecule has 0 spiro atoms. The Morgan fingerprint density at radius 2 is 2.00 bits per heavy atom. The van der Waals surface area contributed by atoms with E-state index in [1.54, 1.807) is 31.4 Å². The third-order valence-electron chi connectivity index (χ3n) is 2.61. The summed E-state index contributed by atoms with van der Waals surface area (Å²) < 4.78 is 37.8. The summed E-state index contributed by atoms with van der Waals surface area (Å²) in [4.78, 5) is 0.182. The second-order valence-corrected chi connectivity index (χ2v) is 7.51. The van der Waals surface area contributed by atoms with Gasteiger partial charge in [-0.1, -0.05) is 18.2 Å². The van der Waals surface area contributed by atoms with Gasteiger partial charge in [-0.15, -0.1) is 0 Å². The summed E-state index contributed by atoms with van der Waals surface area (Å²) in [6.45, 7) is 2.03. The summed E-state index contributed by atoms with van der Waals surface area (Å²) in [5.74, 6) is 0. The van der Waals surface area contributed by atoms with E-state index in [1.165, 1.54) is 6.07 Å². The van der Waals surface area contributed by atoms with Crippen LogP contribution in [0, 0.1) is 0 Å². The molecule has 0 bridgehead atoms. The summed E-state index contributed by atoms with van der Waals surface area (Å²) in [6.07, 6.45) is 1.55. The Bertz CT molecular complexity index is 529. The van der Waals surface area contributed by atoms with E-state index in [4.69, 9.17) is 5.73 Å². The van der Waals surface area contributed by atoms with Crippen molar-refractivity contribution in [3.05, 3.63) is 29.8 Å². The topological polar surface area (TPSA) is 89.3 Å². The number of benzene rings is 1. The van der Waals surface area contributed by atoms with Crippen LogP contribution in [0.25, 0.3) is 0 Å². The first-order valence-corrected chi connectivity index (χ1v) is 8.58. The van der Waals surface area contributed by atoms with Gasteiger partial charge in [-0.2, -0.15) is 0 Å². The number of hydrogen-bond acceptors (Lipinski definition) is 4. The molecular weight excluding hydrogens is 272 g/mol. The molecule has 18 heavy (non-hydrogen) atoms. The van der Waals surface area contributed by atoms with Crippen LogP contribution in [0.15, 0.2) is 29.2 Å². The van der Waals surface area contributed by atoms with Crippen molar-refractivity contribution in [2.45, 2.75) is 23.6 Å². The van der Waals surface area contributed by atoms with E-state index in [-0.39, 0.29) is 23.2 Å². The third kappa shape index (κ3) is 3.88. The monoisotopic (exact) mass is 290 g/mol. The van der Waals surface area contributed by atoms with Crippen LogP contribution < -0.4 is 10.5 Å². The molecule has 3 N–H and O–H groups in total. The summed E-state index contributed by atoms with van der Waals surface area (Å²) in [5.41, 5.74) is 6.08. The van der Waals surface area contributed by atoms with Gasteiger partial charge in [-0.25, -0.2) is 13.1 Å². The van der Waals surface area contributed by atoms with Gasteiger partial charge in [-0.3, -0.25) is 4.21 Å². The van der Waals surface area contributed by atoms with E-state index in [0.29, 0.717) is 5.56 Å². The highest BCUT2D eigenvalue weighted by atomic mass is 32.2. The first kappa shape index (κ1) is 15.3. The van der Waals surface area contributed by atoms with Crippen LogP contribution in [0.3, 0.4) is 0 Å². The number of hydrogen-bond donors (Lipinski definition) is 2. The molecule has 7 heteroatoms. The van der Waals surface area contributed by atoms with Crippen LogP contribution in [0.1, 0.15) is 12.5 Å². The molecule has 0 aliphatic heterocycles. The van der Waals surface area contributed by atoms with E-state index in [0.717, 1.165) is 0 Å². The maximum Gasteiger partial charge on any atom is 0.240 e. The molecule has 0 fully saturated rings. The van der Waals surface area contributed by atoms with Crippen molar-refractivity contribution in [2.24, 2.45) is 5.73 Å².